The Morgan fingerprint density at radius 3 is 2.68 bits per heavy atom. The van der Waals surface area contributed by atoms with Gasteiger partial charge in [-0.05, 0) is 37.6 Å². The van der Waals surface area contributed by atoms with Gasteiger partial charge in [0.15, 0.2) is 5.76 Å². The van der Waals surface area contributed by atoms with Crippen molar-refractivity contribution >= 4 is 29.5 Å². The fraction of sp³-hybridized carbons (Fsp3) is 0.370. The van der Waals surface area contributed by atoms with Crippen molar-refractivity contribution in [2.45, 2.75) is 25.9 Å². The van der Waals surface area contributed by atoms with Gasteiger partial charge in [-0.3, -0.25) is 14.6 Å². The van der Waals surface area contributed by atoms with Crippen LogP contribution in [0.15, 0.2) is 71.0 Å². The van der Waals surface area contributed by atoms with Crippen molar-refractivity contribution in [3.05, 3.63) is 82.9 Å². The number of nitrogens with one attached hydrogen (secondary N) is 1. The summed E-state index contributed by atoms with van der Waals surface area (Å²) in [4.78, 5) is 44.8. The highest BCUT2D eigenvalue weighted by atomic mass is 35.5. The Balaban J connectivity index is 1.68. The summed E-state index contributed by atoms with van der Waals surface area (Å²) in [6, 6.07) is 9.22. The average Bonchev–Trinajstić information content (AvgIpc) is 3.41. The number of urea groups is 1. The first-order valence-corrected chi connectivity index (χ1v) is 12.6. The van der Waals surface area contributed by atoms with Crippen molar-refractivity contribution in [1.82, 2.24) is 20.0 Å². The Hall–Kier alpha value is -3.56. The van der Waals surface area contributed by atoms with E-state index in [0.717, 1.165) is 0 Å². The lowest BCUT2D eigenvalue weighted by Crippen LogP contribution is -2.56. The molecule has 37 heavy (non-hydrogen) atoms. The number of ether oxygens (including phenoxy) is 1. The smallest absolute Gasteiger partial charge is 0.338 e. The first-order chi connectivity index (χ1) is 17.8. The third-order valence-electron chi connectivity index (χ3n) is 6.54. The number of hydrogen-bond acceptors (Lipinski definition) is 6. The van der Waals surface area contributed by atoms with E-state index in [2.05, 4.69) is 16.8 Å². The SMILES string of the molecule is C=CCN1C(=O)N[C@H](c2ccccc2Cl)C(C(=O)OCC)=C1CN1CCN(C(=O)c2ccco2)[C@H](C)C1. The fourth-order valence-corrected chi connectivity index (χ4v) is 5.06. The van der Waals surface area contributed by atoms with E-state index in [-0.39, 0.29) is 31.1 Å². The molecule has 0 saturated carbocycles. The number of piperazine rings is 1. The Kier molecular flexibility index (Phi) is 8.35. The molecule has 1 aromatic carbocycles. The van der Waals surface area contributed by atoms with Crippen molar-refractivity contribution in [2.75, 3.05) is 39.3 Å². The maximum Gasteiger partial charge on any atom is 0.338 e. The topological polar surface area (TPSA) is 95.3 Å². The van der Waals surface area contributed by atoms with Gasteiger partial charge in [0, 0.05) is 49.5 Å². The minimum absolute atomic E-state index is 0.109. The molecule has 196 valence electrons. The van der Waals surface area contributed by atoms with Crippen LogP contribution in [0.2, 0.25) is 5.02 Å². The molecule has 2 aliphatic heterocycles. The molecular formula is C27H31ClN4O5. The lowest BCUT2D eigenvalue weighted by atomic mass is 9.93. The van der Waals surface area contributed by atoms with Gasteiger partial charge in [-0.15, -0.1) is 6.58 Å². The van der Waals surface area contributed by atoms with Crippen LogP contribution in [0.3, 0.4) is 0 Å². The summed E-state index contributed by atoms with van der Waals surface area (Å²) in [5.41, 5.74) is 1.47. The molecule has 1 aromatic heterocycles. The number of furan rings is 1. The van der Waals surface area contributed by atoms with Gasteiger partial charge in [-0.2, -0.15) is 0 Å². The molecule has 2 atom stereocenters. The van der Waals surface area contributed by atoms with E-state index in [1.54, 1.807) is 48.2 Å². The van der Waals surface area contributed by atoms with Crippen molar-refractivity contribution in [1.29, 1.82) is 0 Å². The van der Waals surface area contributed by atoms with E-state index < -0.39 is 12.0 Å². The van der Waals surface area contributed by atoms with Crippen LogP contribution >= 0.6 is 11.6 Å². The maximum absolute atomic E-state index is 13.3. The molecular weight excluding hydrogens is 496 g/mol. The third kappa shape index (κ3) is 5.57. The molecule has 3 heterocycles. The normalized spacial score (nSPS) is 20.6. The summed E-state index contributed by atoms with van der Waals surface area (Å²) in [5.74, 6) is -0.375. The van der Waals surface area contributed by atoms with Crippen molar-refractivity contribution in [2.24, 2.45) is 0 Å². The molecule has 0 radical (unpaired) electrons. The number of esters is 1. The molecule has 2 aliphatic rings. The number of amides is 3. The first-order valence-electron chi connectivity index (χ1n) is 12.3. The van der Waals surface area contributed by atoms with Gasteiger partial charge in [0.25, 0.3) is 5.91 Å². The lowest BCUT2D eigenvalue weighted by molar-refractivity contribution is -0.139. The number of carbonyl (C=O) groups excluding carboxylic acids is 3. The van der Waals surface area contributed by atoms with Crippen LogP contribution in [0, 0.1) is 0 Å². The standard InChI is InChI=1S/C27H31ClN4O5/c1-4-12-32-21(17-30-13-14-31(18(3)16-30)25(33)22-11-8-15-37-22)23(26(34)36-5-2)24(29-27(32)35)19-9-6-7-10-20(19)28/h4,6-11,15,18,24H,1,5,12-14,16-17H2,2-3H3,(H,29,35)/t18-,24-/m1/s1. The Morgan fingerprint density at radius 2 is 2.03 bits per heavy atom. The molecule has 9 nitrogen and oxygen atoms in total. The summed E-state index contributed by atoms with van der Waals surface area (Å²) in [6.45, 7) is 9.78. The van der Waals surface area contributed by atoms with E-state index in [4.69, 9.17) is 20.8 Å². The summed E-state index contributed by atoms with van der Waals surface area (Å²) >= 11 is 6.49. The summed E-state index contributed by atoms with van der Waals surface area (Å²) in [5, 5.41) is 3.36. The van der Waals surface area contributed by atoms with E-state index in [1.807, 2.05) is 13.0 Å². The zero-order valence-electron chi connectivity index (χ0n) is 21.0. The molecule has 3 amide bonds. The highest BCUT2D eigenvalue weighted by Gasteiger charge is 2.40. The van der Waals surface area contributed by atoms with Gasteiger partial charge in [-0.25, -0.2) is 9.59 Å². The largest absolute Gasteiger partial charge is 0.463 e. The predicted octanol–water partition coefficient (Wildman–Crippen LogP) is 3.85. The number of carbonyl (C=O) groups is 3. The van der Waals surface area contributed by atoms with Crippen LogP contribution in [-0.4, -0.2) is 78.0 Å². The predicted molar refractivity (Wildman–Crippen MR) is 139 cm³/mol. The number of hydrogen-bond donors (Lipinski definition) is 1. The number of rotatable bonds is 8. The summed E-state index contributed by atoms with van der Waals surface area (Å²) < 4.78 is 10.7. The molecule has 0 spiro atoms. The zero-order valence-corrected chi connectivity index (χ0v) is 21.7. The quantitative estimate of drug-likeness (QED) is 0.415. The van der Waals surface area contributed by atoms with Crippen LogP contribution in [-0.2, 0) is 9.53 Å². The molecule has 1 fully saturated rings. The zero-order chi connectivity index (χ0) is 26.5. The Bertz CT molecular complexity index is 1200. The van der Waals surface area contributed by atoms with Crippen molar-refractivity contribution in [3.8, 4) is 0 Å². The van der Waals surface area contributed by atoms with Crippen molar-refractivity contribution in [3.63, 3.8) is 0 Å². The summed E-state index contributed by atoms with van der Waals surface area (Å²) in [6.07, 6.45) is 3.09. The molecule has 10 heteroatoms. The van der Waals surface area contributed by atoms with Gasteiger partial charge in [-0.1, -0.05) is 35.9 Å². The van der Waals surface area contributed by atoms with Crippen LogP contribution < -0.4 is 5.32 Å². The minimum Gasteiger partial charge on any atom is -0.463 e. The molecule has 0 unspecified atom stereocenters. The average molecular weight is 527 g/mol. The van der Waals surface area contributed by atoms with E-state index in [0.29, 0.717) is 53.8 Å². The van der Waals surface area contributed by atoms with Crippen LogP contribution in [0.1, 0.15) is 36.0 Å². The highest BCUT2D eigenvalue weighted by Crippen LogP contribution is 2.35. The molecule has 1 saturated heterocycles. The van der Waals surface area contributed by atoms with E-state index >= 15 is 0 Å². The third-order valence-corrected chi connectivity index (χ3v) is 6.88. The van der Waals surface area contributed by atoms with E-state index in [9.17, 15) is 14.4 Å². The van der Waals surface area contributed by atoms with Crippen LogP contribution in [0.25, 0.3) is 0 Å². The van der Waals surface area contributed by atoms with Gasteiger partial charge in [0.1, 0.15) is 0 Å². The fourth-order valence-electron chi connectivity index (χ4n) is 4.82. The van der Waals surface area contributed by atoms with Gasteiger partial charge in [0.2, 0.25) is 0 Å². The van der Waals surface area contributed by atoms with Gasteiger partial charge in [0.05, 0.1) is 24.5 Å². The number of halogens is 1. The molecule has 0 aliphatic carbocycles. The number of nitrogens with zero attached hydrogens (tertiary/aromatic N) is 3. The second-order valence-corrected chi connectivity index (χ2v) is 9.35. The first kappa shape index (κ1) is 26.5. The maximum atomic E-state index is 13.3. The molecule has 1 N–H and O–H groups in total. The monoisotopic (exact) mass is 526 g/mol. The van der Waals surface area contributed by atoms with Crippen molar-refractivity contribution < 1.29 is 23.5 Å². The van der Waals surface area contributed by atoms with Gasteiger partial charge < -0.3 is 19.4 Å². The lowest BCUT2D eigenvalue weighted by Gasteiger charge is -2.42. The summed E-state index contributed by atoms with van der Waals surface area (Å²) in [7, 11) is 0. The molecule has 2 aromatic rings. The minimum atomic E-state index is -0.768. The van der Waals surface area contributed by atoms with Gasteiger partial charge >= 0.3 is 12.0 Å². The van der Waals surface area contributed by atoms with E-state index in [1.165, 1.54) is 11.2 Å². The highest BCUT2D eigenvalue weighted by molar-refractivity contribution is 6.31. The molecule has 0 bridgehead atoms. The van der Waals surface area contributed by atoms with Crippen LogP contribution in [0.4, 0.5) is 4.79 Å². The second-order valence-electron chi connectivity index (χ2n) is 8.94. The Morgan fingerprint density at radius 1 is 1.24 bits per heavy atom. The molecule has 4 rings (SSSR count). The second kappa shape index (κ2) is 11.7. The number of benzene rings is 1. The Labute approximate surface area is 221 Å². The van der Waals surface area contributed by atoms with Crippen LogP contribution in [0.5, 0.6) is 0 Å².